The van der Waals surface area contributed by atoms with Gasteiger partial charge in [0.1, 0.15) is 6.04 Å². The molecule has 0 saturated heterocycles. The molecule has 2 aromatic rings. The monoisotopic (exact) mass is 409 g/mol. The van der Waals surface area contributed by atoms with Crippen molar-refractivity contribution in [2.24, 2.45) is 0 Å². The average molecular weight is 409 g/mol. The summed E-state index contributed by atoms with van der Waals surface area (Å²) in [6, 6.07) is 6.65. The van der Waals surface area contributed by atoms with Gasteiger partial charge in [-0.15, -0.1) is 0 Å². The summed E-state index contributed by atoms with van der Waals surface area (Å²) in [5.41, 5.74) is 3.89. The van der Waals surface area contributed by atoms with E-state index >= 15 is 0 Å². The van der Waals surface area contributed by atoms with Crippen molar-refractivity contribution in [3.63, 3.8) is 0 Å². The first-order chi connectivity index (χ1) is 14.5. The predicted octanol–water partition coefficient (Wildman–Crippen LogP) is 3.29. The molecule has 2 heterocycles. The van der Waals surface area contributed by atoms with E-state index in [0.717, 1.165) is 41.1 Å². The summed E-state index contributed by atoms with van der Waals surface area (Å²) in [6.07, 6.45) is 0.886. The number of nitro benzene ring substituents is 1. The van der Waals surface area contributed by atoms with Crippen LogP contribution in [-0.4, -0.2) is 43.9 Å². The molecule has 2 aromatic carbocycles. The van der Waals surface area contributed by atoms with Gasteiger partial charge >= 0.3 is 0 Å². The van der Waals surface area contributed by atoms with Gasteiger partial charge in [0.05, 0.1) is 18.6 Å². The van der Waals surface area contributed by atoms with Crippen LogP contribution in [0.1, 0.15) is 22.7 Å². The fourth-order valence-corrected chi connectivity index (χ4v) is 3.86. The van der Waals surface area contributed by atoms with Crippen LogP contribution < -0.4 is 19.5 Å². The van der Waals surface area contributed by atoms with Crippen LogP contribution in [-0.2, 0) is 6.42 Å². The maximum atomic E-state index is 10.9. The quantitative estimate of drug-likeness (QED) is 0.471. The van der Waals surface area contributed by atoms with Crippen molar-refractivity contribution in [2.75, 3.05) is 39.4 Å². The van der Waals surface area contributed by atoms with Gasteiger partial charge in [-0.2, -0.15) is 0 Å². The second-order valence-electron chi connectivity index (χ2n) is 7.28. The zero-order valence-electron chi connectivity index (χ0n) is 17.2. The largest absolute Gasteiger partial charge is 0.492 e. The van der Waals surface area contributed by atoms with Crippen molar-refractivity contribution in [1.29, 1.82) is 0 Å². The smallest absolute Gasteiger partial charge is 0.269 e. The molecule has 0 saturated carbocycles. The Kier molecular flexibility index (Phi) is 5.38. The second-order valence-corrected chi connectivity index (χ2v) is 7.28. The minimum Gasteiger partial charge on any atom is -0.492 e. The van der Waals surface area contributed by atoms with Crippen LogP contribution in [0.4, 0.5) is 11.4 Å². The van der Waals surface area contributed by atoms with Crippen molar-refractivity contribution in [3.8, 4) is 29.1 Å². The van der Waals surface area contributed by atoms with E-state index in [9.17, 15) is 10.1 Å². The number of methoxy groups -OCH3 is 1. The van der Waals surface area contributed by atoms with Crippen LogP contribution in [0.25, 0.3) is 0 Å². The highest BCUT2D eigenvalue weighted by Gasteiger charge is 2.33. The van der Waals surface area contributed by atoms with Gasteiger partial charge < -0.3 is 19.5 Å². The average Bonchev–Trinajstić information content (AvgIpc) is 3.20. The summed E-state index contributed by atoms with van der Waals surface area (Å²) in [5.74, 6) is 8.58. The Hall–Kier alpha value is -3.44. The number of anilines is 1. The van der Waals surface area contributed by atoms with Crippen LogP contribution in [0.3, 0.4) is 0 Å². The molecule has 4 rings (SSSR count). The van der Waals surface area contributed by atoms with Crippen molar-refractivity contribution in [3.05, 3.63) is 51.1 Å². The van der Waals surface area contributed by atoms with E-state index in [4.69, 9.17) is 14.2 Å². The van der Waals surface area contributed by atoms with Crippen LogP contribution in [0.5, 0.6) is 17.2 Å². The molecule has 0 bridgehead atoms. The minimum absolute atomic E-state index is 0.0791. The molecule has 2 aliphatic rings. The highest BCUT2D eigenvalue weighted by atomic mass is 16.7. The number of hydrogen-bond donors (Lipinski definition) is 1. The van der Waals surface area contributed by atoms with E-state index in [1.165, 1.54) is 6.07 Å². The van der Waals surface area contributed by atoms with Gasteiger partial charge in [0.2, 0.25) is 12.5 Å². The molecule has 8 nitrogen and oxygen atoms in total. The van der Waals surface area contributed by atoms with Crippen LogP contribution >= 0.6 is 0 Å². The summed E-state index contributed by atoms with van der Waals surface area (Å²) >= 11 is 0. The van der Waals surface area contributed by atoms with E-state index in [2.05, 4.69) is 22.1 Å². The van der Waals surface area contributed by atoms with Crippen LogP contribution in [0, 0.1) is 28.9 Å². The van der Waals surface area contributed by atoms with Gasteiger partial charge in [0.15, 0.2) is 11.5 Å². The molecular weight excluding hydrogens is 386 g/mol. The molecule has 0 spiro atoms. The van der Waals surface area contributed by atoms with E-state index in [1.807, 2.05) is 20.0 Å². The van der Waals surface area contributed by atoms with Crippen molar-refractivity contribution in [1.82, 2.24) is 4.90 Å². The lowest BCUT2D eigenvalue weighted by Gasteiger charge is -2.32. The molecule has 8 heteroatoms. The zero-order chi connectivity index (χ0) is 21.3. The molecule has 0 aromatic heterocycles. The number of ether oxygens (including phenoxy) is 3. The molecule has 0 fully saturated rings. The summed E-state index contributed by atoms with van der Waals surface area (Å²) in [6.45, 7) is 3.33. The van der Waals surface area contributed by atoms with Gasteiger partial charge in [0.25, 0.3) is 5.69 Å². The van der Waals surface area contributed by atoms with Gasteiger partial charge in [-0.3, -0.25) is 15.0 Å². The Labute approximate surface area is 174 Å². The van der Waals surface area contributed by atoms with Crippen LogP contribution in [0.2, 0.25) is 0 Å². The minimum atomic E-state index is -0.397. The van der Waals surface area contributed by atoms with Gasteiger partial charge in [0, 0.05) is 29.9 Å². The zero-order valence-corrected chi connectivity index (χ0v) is 17.2. The Morgan fingerprint density at radius 1 is 1.37 bits per heavy atom. The molecule has 30 heavy (non-hydrogen) atoms. The lowest BCUT2D eigenvalue weighted by Crippen LogP contribution is -2.31. The molecule has 0 aliphatic carbocycles. The molecular formula is C22H23N3O5. The highest BCUT2D eigenvalue weighted by Crippen LogP contribution is 2.49. The standard InChI is InChI=1S/C22H23N3O5/c1-14-11-16(25(26)27)6-7-17(14)23-9-4-5-18-20-15(8-10-24(18)2)12-19-21(22(20)28-3)30-13-29-19/h6-7,11-12,18,23H,8-10,13H2,1-3H3. The maximum absolute atomic E-state index is 10.9. The summed E-state index contributed by atoms with van der Waals surface area (Å²) in [5, 5.41) is 14.1. The van der Waals surface area contributed by atoms with Crippen molar-refractivity contribution in [2.45, 2.75) is 19.4 Å². The number of rotatable bonds is 4. The van der Waals surface area contributed by atoms with Gasteiger partial charge in [-0.05, 0) is 43.7 Å². The SMILES string of the molecule is COc1c2c(cc3c1C(C#CCNc1ccc([N+](=O)[O-])cc1C)N(C)CC3)OCO2. The normalized spacial score (nSPS) is 17.0. The Balaban J connectivity index is 1.56. The van der Waals surface area contributed by atoms with Gasteiger partial charge in [-0.25, -0.2) is 0 Å². The molecule has 1 N–H and O–H groups in total. The topological polar surface area (TPSA) is 86.1 Å². The number of benzene rings is 2. The van der Waals surface area contributed by atoms with Crippen molar-refractivity contribution < 1.29 is 19.1 Å². The third-order valence-electron chi connectivity index (χ3n) is 5.42. The summed E-state index contributed by atoms with van der Waals surface area (Å²) < 4.78 is 16.9. The summed E-state index contributed by atoms with van der Waals surface area (Å²) in [4.78, 5) is 12.7. The number of nitrogens with one attached hydrogen (secondary N) is 1. The lowest BCUT2D eigenvalue weighted by molar-refractivity contribution is -0.384. The number of nitrogens with zero attached hydrogens (tertiary/aromatic N) is 2. The highest BCUT2D eigenvalue weighted by molar-refractivity contribution is 5.63. The molecule has 0 radical (unpaired) electrons. The number of hydrogen-bond acceptors (Lipinski definition) is 7. The Morgan fingerprint density at radius 2 is 2.20 bits per heavy atom. The molecule has 156 valence electrons. The first-order valence-electron chi connectivity index (χ1n) is 9.66. The molecule has 1 atom stereocenters. The first kappa shape index (κ1) is 19.9. The molecule has 1 unspecified atom stereocenters. The third kappa shape index (κ3) is 3.60. The van der Waals surface area contributed by atoms with E-state index in [0.29, 0.717) is 18.0 Å². The predicted molar refractivity (Wildman–Crippen MR) is 112 cm³/mol. The number of non-ortho nitro benzene ring substituents is 1. The lowest BCUT2D eigenvalue weighted by atomic mass is 9.91. The number of likely N-dealkylation sites (N-methyl/N-ethyl adjacent to an activating group) is 1. The maximum Gasteiger partial charge on any atom is 0.269 e. The first-order valence-corrected chi connectivity index (χ1v) is 9.66. The number of fused-ring (bicyclic) bond motifs is 2. The Morgan fingerprint density at radius 3 is 2.93 bits per heavy atom. The molecule has 2 aliphatic heterocycles. The molecule has 0 amide bonds. The second kappa shape index (κ2) is 8.13. The fraction of sp³-hybridized carbons (Fsp3) is 0.364. The van der Waals surface area contributed by atoms with E-state index in [1.54, 1.807) is 19.2 Å². The van der Waals surface area contributed by atoms with Crippen molar-refractivity contribution >= 4 is 11.4 Å². The summed E-state index contributed by atoms with van der Waals surface area (Å²) in [7, 11) is 3.68. The number of nitro groups is 1. The van der Waals surface area contributed by atoms with Crippen LogP contribution in [0.15, 0.2) is 24.3 Å². The van der Waals surface area contributed by atoms with Gasteiger partial charge in [-0.1, -0.05) is 11.8 Å². The fourth-order valence-electron chi connectivity index (χ4n) is 3.86. The Bertz CT molecular complexity index is 1060. The third-order valence-corrected chi connectivity index (χ3v) is 5.42. The number of aryl methyl sites for hydroxylation is 1. The van der Waals surface area contributed by atoms with E-state index in [-0.39, 0.29) is 18.5 Å². The van der Waals surface area contributed by atoms with E-state index < -0.39 is 4.92 Å².